The van der Waals surface area contributed by atoms with E-state index in [1.54, 1.807) is 0 Å². The van der Waals surface area contributed by atoms with Gasteiger partial charge in [-0.2, -0.15) is 0 Å². The monoisotopic (exact) mass is 616 g/mol. The highest BCUT2D eigenvalue weighted by Gasteiger charge is 2.20. The molecular formula is C28H26I2. The number of hydrogen-bond donors (Lipinski definition) is 0. The van der Waals surface area contributed by atoms with Gasteiger partial charge in [-0.1, -0.05) is 130 Å². The Balaban J connectivity index is 1.72. The van der Waals surface area contributed by atoms with Crippen LogP contribution in [-0.2, 0) is 6.84 Å². The second-order valence-corrected chi connectivity index (χ2v) is 14.2. The number of hydrogen-bond acceptors (Lipinski definition) is 0. The van der Waals surface area contributed by atoms with Crippen LogP contribution in [0.5, 0.6) is 0 Å². The smallest absolute Gasteiger partial charge is 0.0420 e. The molecule has 0 aliphatic heterocycles. The summed E-state index contributed by atoms with van der Waals surface area (Å²) in [5.41, 5.74) is 7.82. The summed E-state index contributed by atoms with van der Waals surface area (Å²) in [5, 5.41) is 2.66. The van der Waals surface area contributed by atoms with Gasteiger partial charge in [0, 0.05) is 6.84 Å². The molecule has 0 amide bonds. The van der Waals surface area contributed by atoms with Crippen LogP contribution in [0.1, 0.15) is 38.8 Å². The Kier molecular flexibility index (Phi) is 6.01. The third-order valence-corrected chi connectivity index (χ3v) is 6.87. The van der Waals surface area contributed by atoms with Crippen molar-refractivity contribution in [1.82, 2.24) is 0 Å². The van der Waals surface area contributed by atoms with E-state index in [4.69, 9.17) is 0 Å². The van der Waals surface area contributed by atoms with Crippen LogP contribution >= 0.6 is 45.2 Å². The van der Waals surface area contributed by atoms with Gasteiger partial charge in [0.2, 0.25) is 0 Å². The lowest BCUT2D eigenvalue weighted by atomic mass is 9.90. The lowest BCUT2D eigenvalue weighted by Crippen LogP contribution is -2.07. The highest BCUT2D eigenvalue weighted by atomic mass is 127. The molecule has 4 aromatic carbocycles. The second kappa shape index (κ2) is 8.27. The van der Waals surface area contributed by atoms with Crippen LogP contribution in [-0.4, -0.2) is 0 Å². The Morgan fingerprint density at radius 1 is 0.500 bits per heavy atom. The van der Waals surface area contributed by atoms with Crippen LogP contribution < -0.4 is 0 Å². The Morgan fingerprint density at radius 3 is 1.53 bits per heavy atom. The Bertz CT molecular complexity index is 1170. The maximum atomic E-state index is 2.53. The van der Waals surface area contributed by atoms with E-state index in [0.717, 1.165) is 0 Å². The van der Waals surface area contributed by atoms with Crippen molar-refractivity contribution in [2.24, 2.45) is 0 Å². The van der Waals surface area contributed by atoms with Crippen molar-refractivity contribution in [3.05, 3.63) is 96.1 Å². The maximum Gasteiger partial charge on any atom is 0.0420 e. The van der Waals surface area contributed by atoms with E-state index >= 15 is 0 Å². The quantitative estimate of drug-likeness (QED) is 0.158. The molecule has 0 radical (unpaired) electrons. The Hall–Kier alpha value is -1.40. The standard InChI is InChI=1S/C28H26I2/c1-27(2,29)22-15-13-20(14-16-22)19-9-11-21(12-10-19)23-17-18-26(28(3,4)30)25-8-6-5-7-24(23)25/h5-18H,1-4H3. The van der Waals surface area contributed by atoms with Crippen LogP contribution in [0, 0.1) is 0 Å². The van der Waals surface area contributed by atoms with Gasteiger partial charge in [-0.15, -0.1) is 0 Å². The van der Waals surface area contributed by atoms with E-state index in [0.29, 0.717) is 0 Å². The highest BCUT2D eigenvalue weighted by molar-refractivity contribution is 14.1. The Morgan fingerprint density at radius 2 is 1.00 bits per heavy atom. The highest BCUT2D eigenvalue weighted by Crippen LogP contribution is 2.39. The van der Waals surface area contributed by atoms with E-state index in [2.05, 4.69) is 158 Å². The summed E-state index contributed by atoms with van der Waals surface area (Å²) in [5.74, 6) is 0. The minimum Gasteiger partial charge on any atom is -0.0743 e. The first kappa shape index (κ1) is 21.8. The summed E-state index contributed by atoms with van der Waals surface area (Å²) in [6, 6.07) is 31.3. The van der Waals surface area contributed by atoms with Gasteiger partial charge >= 0.3 is 0 Å². The first-order valence-corrected chi connectivity index (χ1v) is 12.4. The third-order valence-electron chi connectivity index (χ3n) is 5.67. The van der Waals surface area contributed by atoms with E-state index in [1.165, 1.54) is 44.2 Å². The topological polar surface area (TPSA) is 0 Å². The number of rotatable bonds is 4. The van der Waals surface area contributed by atoms with E-state index in [-0.39, 0.29) is 6.84 Å². The molecule has 0 aromatic heterocycles. The fourth-order valence-corrected chi connectivity index (χ4v) is 4.80. The zero-order valence-electron chi connectivity index (χ0n) is 17.8. The molecule has 0 heterocycles. The lowest BCUT2D eigenvalue weighted by Gasteiger charge is -2.21. The molecule has 0 saturated heterocycles. The molecule has 152 valence electrons. The fraction of sp³-hybridized carbons (Fsp3) is 0.214. The van der Waals surface area contributed by atoms with Crippen LogP contribution in [0.4, 0.5) is 0 Å². The van der Waals surface area contributed by atoms with Gasteiger partial charge in [0.1, 0.15) is 0 Å². The molecule has 0 spiro atoms. The van der Waals surface area contributed by atoms with Crippen LogP contribution in [0.2, 0.25) is 0 Å². The first-order valence-electron chi connectivity index (χ1n) is 10.3. The van der Waals surface area contributed by atoms with Crippen molar-refractivity contribution < 1.29 is 0 Å². The zero-order valence-corrected chi connectivity index (χ0v) is 22.2. The van der Waals surface area contributed by atoms with Crippen LogP contribution in [0.3, 0.4) is 0 Å². The average Bonchev–Trinajstić information content (AvgIpc) is 2.72. The molecule has 0 unspecified atom stereocenters. The molecule has 4 aromatic rings. The van der Waals surface area contributed by atoms with Gasteiger partial charge in [0.05, 0.1) is 0 Å². The Labute approximate surface area is 207 Å². The third kappa shape index (κ3) is 4.45. The predicted molar refractivity (Wildman–Crippen MR) is 149 cm³/mol. The fourth-order valence-electron chi connectivity index (χ4n) is 3.97. The van der Waals surface area contributed by atoms with Crippen molar-refractivity contribution in [2.75, 3.05) is 0 Å². The van der Waals surface area contributed by atoms with E-state index in [9.17, 15) is 0 Å². The molecule has 0 aliphatic carbocycles. The summed E-state index contributed by atoms with van der Waals surface area (Å²) in [6.45, 7) is 9.03. The molecule has 0 atom stereocenters. The van der Waals surface area contributed by atoms with Crippen molar-refractivity contribution in [2.45, 2.75) is 34.5 Å². The van der Waals surface area contributed by atoms with Gasteiger partial charge in [-0.25, -0.2) is 0 Å². The molecule has 0 bridgehead atoms. The minimum atomic E-state index is 0.0957. The van der Waals surface area contributed by atoms with Gasteiger partial charge in [-0.3, -0.25) is 0 Å². The molecule has 0 nitrogen and oxygen atoms in total. The SMILES string of the molecule is CC(C)(I)c1ccc(-c2ccc(-c3ccc(C(C)(C)I)c4ccccc34)cc2)cc1. The predicted octanol–water partition coefficient (Wildman–Crippen LogP) is 9.51. The van der Waals surface area contributed by atoms with Gasteiger partial charge in [0.15, 0.2) is 0 Å². The number of fused-ring (bicyclic) bond motifs is 1. The molecule has 0 fully saturated rings. The first-order chi connectivity index (χ1) is 14.1. The maximum absolute atomic E-state index is 2.53. The summed E-state index contributed by atoms with van der Waals surface area (Å²) in [7, 11) is 0. The second-order valence-electron chi connectivity index (χ2n) is 8.81. The molecule has 0 N–H and O–H groups in total. The van der Waals surface area contributed by atoms with Crippen LogP contribution in [0.15, 0.2) is 84.9 Å². The van der Waals surface area contributed by atoms with Gasteiger partial charge in [0.25, 0.3) is 0 Å². The van der Waals surface area contributed by atoms with Crippen molar-refractivity contribution in [3.8, 4) is 22.3 Å². The van der Waals surface area contributed by atoms with E-state index in [1.807, 2.05) is 0 Å². The van der Waals surface area contributed by atoms with Crippen molar-refractivity contribution >= 4 is 56.0 Å². The summed E-state index contributed by atoms with van der Waals surface area (Å²) in [4.78, 5) is 0. The minimum absolute atomic E-state index is 0.0957. The number of alkyl halides is 2. The molecule has 2 heteroatoms. The van der Waals surface area contributed by atoms with Gasteiger partial charge in [-0.05, 0) is 71.8 Å². The molecule has 4 rings (SSSR count). The van der Waals surface area contributed by atoms with Crippen molar-refractivity contribution in [1.29, 1.82) is 0 Å². The normalized spacial score (nSPS) is 12.3. The van der Waals surface area contributed by atoms with Gasteiger partial charge < -0.3 is 0 Å². The molecular weight excluding hydrogens is 590 g/mol. The largest absolute Gasteiger partial charge is 0.0743 e. The number of benzene rings is 4. The van der Waals surface area contributed by atoms with Crippen LogP contribution in [0.25, 0.3) is 33.0 Å². The summed E-state index contributed by atoms with van der Waals surface area (Å²) in [6.07, 6.45) is 0. The lowest BCUT2D eigenvalue weighted by molar-refractivity contribution is 0.827. The zero-order chi connectivity index (χ0) is 21.5. The summed E-state index contributed by atoms with van der Waals surface area (Å²) < 4.78 is 0.248. The summed E-state index contributed by atoms with van der Waals surface area (Å²) >= 11 is 5.03. The van der Waals surface area contributed by atoms with Crippen molar-refractivity contribution in [3.63, 3.8) is 0 Å². The molecule has 30 heavy (non-hydrogen) atoms. The molecule has 0 saturated carbocycles. The molecule has 0 aliphatic rings. The van der Waals surface area contributed by atoms with E-state index < -0.39 is 0 Å². The number of halogens is 2. The average molecular weight is 616 g/mol.